The van der Waals surface area contributed by atoms with E-state index in [1.165, 1.54) is 70.6 Å². The van der Waals surface area contributed by atoms with E-state index in [9.17, 15) is 15.0 Å². The monoisotopic (exact) mass is 491 g/mol. The molecule has 3 N–H and O–H groups in total. The Balaban J connectivity index is 3.65. The Labute approximate surface area is 217 Å². The fraction of sp³-hybridized carbons (Fsp3) is 0.774. The molecule has 4 heteroatoms. The predicted octanol–water partition coefficient (Wildman–Crippen LogP) is 7.94. The molecule has 0 aromatic carbocycles. The number of carbonyl (C=O) groups is 1. The molecule has 0 saturated heterocycles. The number of aliphatic hydroxyl groups excluding tert-OH is 2. The fourth-order valence-corrected chi connectivity index (χ4v) is 4.03. The van der Waals surface area contributed by atoms with Gasteiger partial charge in [0, 0.05) is 6.42 Å². The summed E-state index contributed by atoms with van der Waals surface area (Å²) in [6.07, 6.45) is 34.2. The molecule has 0 radical (unpaired) electrons. The number of allylic oxidation sites excluding steroid dienone is 5. The third-order valence-corrected chi connectivity index (χ3v) is 6.35. The van der Waals surface area contributed by atoms with Gasteiger partial charge in [-0.1, -0.05) is 121 Å². The van der Waals surface area contributed by atoms with Crippen LogP contribution in [0.4, 0.5) is 0 Å². The Morgan fingerprint density at radius 2 is 1.11 bits per heavy atom. The molecule has 0 bridgehead atoms. The molecule has 0 rings (SSSR count). The maximum absolute atomic E-state index is 11.9. The molecule has 0 aromatic rings. The smallest absolute Gasteiger partial charge is 0.220 e. The standard InChI is InChI=1S/C31H57NO3/c1-3-5-7-8-9-10-11-12-13-14-15-16-17-18-19-20-21-22-23-25-26-30(34)29(28-33)32-31(35)27-24-6-4-2/h16-17,20-21,25-26,29-30,33-34H,3-15,18-19,22-24,27-28H2,1-2H3,(H,32,35)/b17-16+,21-20+,26-25+. The van der Waals surface area contributed by atoms with Gasteiger partial charge in [-0.05, 0) is 44.9 Å². The Morgan fingerprint density at radius 1 is 0.657 bits per heavy atom. The van der Waals surface area contributed by atoms with Gasteiger partial charge in [0.05, 0.1) is 18.8 Å². The minimum absolute atomic E-state index is 0.106. The van der Waals surface area contributed by atoms with Crippen molar-refractivity contribution in [2.45, 2.75) is 148 Å². The van der Waals surface area contributed by atoms with Gasteiger partial charge in [-0.25, -0.2) is 0 Å². The predicted molar refractivity (Wildman–Crippen MR) is 152 cm³/mol. The van der Waals surface area contributed by atoms with Gasteiger partial charge in [-0.2, -0.15) is 0 Å². The maximum Gasteiger partial charge on any atom is 0.220 e. The first-order valence-corrected chi connectivity index (χ1v) is 14.7. The summed E-state index contributed by atoms with van der Waals surface area (Å²) in [5.74, 6) is -0.106. The van der Waals surface area contributed by atoms with Crippen LogP contribution in [0, 0.1) is 0 Å². The van der Waals surface area contributed by atoms with Gasteiger partial charge in [0.1, 0.15) is 0 Å². The van der Waals surface area contributed by atoms with Crippen molar-refractivity contribution in [3.8, 4) is 0 Å². The fourth-order valence-electron chi connectivity index (χ4n) is 4.03. The second-order valence-corrected chi connectivity index (χ2v) is 9.80. The van der Waals surface area contributed by atoms with E-state index in [0.717, 1.165) is 44.9 Å². The molecule has 1 amide bonds. The third kappa shape index (κ3) is 24.1. The van der Waals surface area contributed by atoms with Crippen molar-refractivity contribution >= 4 is 5.91 Å². The zero-order valence-corrected chi connectivity index (χ0v) is 23.1. The van der Waals surface area contributed by atoms with E-state index in [2.05, 4.69) is 43.5 Å². The normalized spacial score (nSPS) is 13.8. The van der Waals surface area contributed by atoms with Crippen molar-refractivity contribution in [2.75, 3.05) is 6.61 Å². The second-order valence-electron chi connectivity index (χ2n) is 9.80. The lowest BCUT2D eigenvalue weighted by molar-refractivity contribution is -0.123. The van der Waals surface area contributed by atoms with Crippen LogP contribution in [0.15, 0.2) is 36.5 Å². The first kappa shape index (κ1) is 33.6. The van der Waals surface area contributed by atoms with Gasteiger partial charge in [-0.3, -0.25) is 4.79 Å². The maximum atomic E-state index is 11.9. The molecule has 0 saturated carbocycles. The average molecular weight is 492 g/mol. The van der Waals surface area contributed by atoms with Crippen LogP contribution in [0.2, 0.25) is 0 Å². The summed E-state index contributed by atoms with van der Waals surface area (Å²) >= 11 is 0. The van der Waals surface area contributed by atoms with Crippen LogP contribution in [0.5, 0.6) is 0 Å². The van der Waals surface area contributed by atoms with E-state index in [0.29, 0.717) is 6.42 Å². The lowest BCUT2D eigenvalue weighted by Crippen LogP contribution is -2.45. The first-order valence-electron chi connectivity index (χ1n) is 14.7. The molecular formula is C31H57NO3. The largest absolute Gasteiger partial charge is 0.394 e. The van der Waals surface area contributed by atoms with Crippen LogP contribution < -0.4 is 5.32 Å². The molecule has 0 aliphatic heterocycles. The quantitative estimate of drug-likeness (QED) is 0.0896. The van der Waals surface area contributed by atoms with Crippen molar-refractivity contribution in [3.05, 3.63) is 36.5 Å². The van der Waals surface area contributed by atoms with Gasteiger partial charge in [0.2, 0.25) is 5.91 Å². The zero-order valence-electron chi connectivity index (χ0n) is 23.1. The molecule has 0 heterocycles. The molecule has 0 aliphatic carbocycles. The number of carbonyl (C=O) groups excluding carboxylic acids is 1. The number of aliphatic hydroxyl groups is 2. The zero-order chi connectivity index (χ0) is 25.8. The molecule has 2 unspecified atom stereocenters. The van der Waals surface area contributed by atoms with Crippen LogP contribution in [-0.2, 0) is 4.79 Å². The lowest BCUT2D eigenvalue weighted by atomic mass is 10.1. The molecule has 4 nitrogen and oxygen atoms in total. The Kier molecular flexibility index (Phi) is 26.1. The summed E-state index contributed by atoms with van der Waals surface area (Å²) < 4.78 is 0. The lowest BCUT2D eigenvalue weighted by Gasteiger charge is -2.19. The third-order valence-electron chi connectivity index (χ3n) is 6.35. The Hall–Kier alpha value is -1.39. The van der Waals surface area contributed by atoms with Crippen molar-refractivity contribution in [3.63, 3.8) is 0 Å². The van der Waals surface area contributed by atoms with E-state index < -0.39 is 12.1 Å². The van der Waals surface area contributed by atoms with E-state index in [1.807, 2.05) is 6.08 Å². The molecule has 35 heavy (non-hydrogen) atoms. The minimum Gasteiger partial charge on any atom is -0.394 e. The van der Waals surface area contributed by atoms with E-state index >= 15 is 0 Å². The van der Waals surface area contributed by atoms with Gasteiger partial charge in [0.15, 0.2) is 0 Å². The van der Waals surface area contributed by atoms with Gasteiger partial charge in [-0.15, -0.1) is 0 Å². The summed E-state index contributed by atoms with van der Waals surface area (Å²) in [6.45, 7) is 4.10. The second kappa shape index (κ2) is 27.2. The number of rotatable bonds is 25. The molecule has 2 atom stereocenters. The highest BCUT2D eigenvalue weighted by atomic mass is 16.3. The SMILES string of the molecule is CCCCCCCCCCCC/C=C/CC/C=C/CC/C=C/C(O)C(CO)NC(=O)CCCCC. The molecular weight excluding hydrogens is 434 g/mol. The molecule has 0 aromatic heterocycles. The van der Waals surface area contributed by atoms with E-state index in [4.69, 9.17) is 0 Å². The Morgan fingerprint density at radius 3 is 1.66 bits per heavy atom. The van der Waals surface area contributed by atoms with Crippen molar-refractivity contribution in [2.24, 2.45) is 0 Å². The number of unbranched alkanes of at least 4 members (excludes halogenated alkanes) is 14. The molecule has 0 spiro atoms. The highest BCUT2D eigenvalue weighted by Gasteiger charge is 2.17. The summed E-state index contributed by atoms with van der Waals surface area (Å²) in [6, 6.07) is -0.636. The van der Waals surface area contributed by atoms with Gasteiger partial charge >= 0.3 is 0 Å². The summed E-state index contributed by atoms with van der Waals surface area (Å²) in [5, 5.41) is 22.4. The summed E-state index contributed by atoms with van der Waals surface area (Å²) in [4.78, 5) is 11.9. The minimum atomic E-state index is -0.861. The van der Waals surface area contributed by atoms with Crippen LogP contribution in [0.3, 0.4) is 0 Å². The Bertz CT molecular complexity index is 541. The molecule has 204 valence electrons. The number of hydrogen-bond donors (Lipinski definition) is 3. The van der Waals surface area contributed by atoms with Crippen molar-refractivity contribution in [1.82, 2.24) is 5.32 Å². The van der Waals surface area contributed by atoms with Crippen LogP contribution in [-0.4, -0.2) is 34.9 Å². The van der Waals surface area contributed by atoms with Gasteiger partial charge in [0.25, 0.3) is 0 Å². The molecule has 0 aliphatic rings. The van der Waals surface area contributed by atoms with Crippen LogP contribution >= 0.6 is 0 Å². The first-order chi connectivity index (χ1) is 17.2. The topological polar surface area (TPSA) is 69.6 Å². The van der Waals surface area contributed by atoms with Crippen molar-refractivity contribution < 1.29 is 15.0 Å². The van der Waals surface area contributed by atoms with Crippen LogP contribution in [0.25, 0.3) is 0 Å². The number of hydrogen-bond acceptors (Lipinski definition) is 3. The highest BCUT2D eigenvalue weighted by molar-refractivity contribution is 5.76. The van der Waals surface area contributed by atoms with Gasteiger partial charge < -0.3 is 15.5 Å². The van der Waals surface area contributed by atoms with Crippen molar-refractivity contribution in [1.29, 1.82) is 0 Å². The summed E-state index contributed by atoms with van der Waals surface area (Å²) in [5.41, 5.74) is 0. The summed E-state index contributed by atoms with van der Waals surface area (Å²) in [7, 11) is 0. The number of nitrogens with one attached hydrogen (secondary N) is 1. The average Bonchev–Trinajstić information content (AvgIpc) is 2.86. The highest BCUT2D eigenvalue weighted by Crippen LogP contribution is 2.11. The number of amides is 1. The van der Waals surface area contributed by atoms with E-state index in [1.54, 1.807) is 6.08 Å². The van der Waals surface area contributed by atoms with E-state index in [-0.39, 0.29) is 12.5 Å². The van der Waals surface area contributed by atoms with Crippen LogP contribution in [0.1, 0.15) is 136 Å². The molecule has 0 fully saturated rings.